The van der Waals surface area contributed by atoms with Crippen LogP contribution in [-0.4, -0.2) is 5.97 Å². The minimum Gasteiger partial charge on any atom is -0.345 e. The molecule has 7 heteroatoms. The highest BCUT2D eigenvalue weighted by molar-refractivity contribution is 5.95. The highest BCUT2D eigenvalue weighted by atomic mass is 19.1. The second-order valence-corrected chi connectivity index (χ2v) is 5.43. The molecule has 0 aromatic heterocycles. The number of hydrogen-bond acceptors (Lipinski definition) is 6. The van der Waals surface area contributed by atoms with Crippen LogP contribution in [0.5, 0.6) is 0 Å². The van der Waals surface area contributed by atoms with E-state index in [0.717, 1.165) is 11.3 Å². The summed E-state index contributed by atoms with van der Waals surface area (Å²) < 4.78 is 13.0. The van der Waals surface area contributed by atoms with Crippen molar-refractivity contribution >= 4 is 11.7 Å². The Bertz CT molecular complexity index is 833. The number of nitrogens with zero attached hydrogens (tertiary/aromatic N) is 3. The molecule has 2 aromatic carbocycles. The first-order valence-electron chi connectivity index (χ1n) is 7.44. The van der Waals surface area contributed by atoms with Crippen molar-refractivity contribution in [2.75, 3.05) is 5.01 Å². The lowest BCUT2D eigenvalue weighted by molar-refractivity contribution is -0.140. The van der Waals surface area contributed by atoms with Crippen LogP contribution in [0.4, 0.5) is 10.1 Å². The average molecular weight is 324 g/mol. The topological polar surface area (TPSA) is 66.3 Å². The molecule has 1 atom stereocenters. The lowest BCUT2D eigenvalue weighted by Crippen LogP contribution is -2.29. The Morgan fingerprint density at radius 1 is 1.12 bits per heavy atom. The van der Waals surface area contributed by atoms with Gasteiger partial charge in [0.15, 0.2) is 5.70 Å². The molecule has 0 bridgehead atoms. The number of rotatable bonds is 2. The molecule has 120 valence electrons. The molecule has 0 radical (unpaired) electrons. The van der Waals surface area contributed by atoms with Gasteiger partial charge in [-0.05, 0) is 29.8 Å². The Kier molecular flexibility index (Phi) is 3.55. The van der Waals surface area contributed by atoms with E-state index in [0.29, 0.717) is 17.8 Å². The highest BCUT2D eigenvalue weighted by Crippen LogP contribution is 2.36. The smallest absolute Gasteiger partial charge is 0.345 e. The van der Waals surface area contributed by atoms with E-state index in [1.807, 2.05) is 30.3 Å². The fourth-order valence-corrected chi connectivity index (χ4v) is 2.70. The molecule has 2 aliphatic heterocycles. The van der Waals surface area contributed by atoms with E-state index in [-0.39, 0.29) is 11.9 Å². The molecule has 24 heavy (non-hydrogen) atoms. The fraction of sp³-hybridized carbons (Fsp3) is 0.118. The van der Waals surface area contributed by atoms with E-state index in [9.17, 15) is 9.18 Å². The van der Waals surface area contributed by atoms with Gasteiger partial charge >= 0.3 is 5.97 Å². The van der Waals surface area contributed by atoms with Gasteiger partial charge in [0, 0.05) is 6.42 Å². The molecular formula is C17H13FN4O2. The largest absolute Gasteiger partial charge is 0.378 e. The first-order chi connectivity index (χ1) is 11.7. The van der Waals surface area contributed by atoms with E-state index in [4.69, 9.17) is 4.84 Å². The first kappa shape index (κ1) is 14.5. The molecule has 1 unspecified atom stereocenters. The second kappa shape index (κ2) is 5.86. The summed E-state index contributed by atoms with van der Waals surface area (Å²) in [5.74, 6) is -0.807. The minimum absolute atomic E-state index is 0.237. The maximum absolute atomic E-state index is 13.0. The number of para-hydroxylation sites is 1. The molecule has 0 spiro atoms. The number of benzene rings is 2. The van der Waals surface area contributed by atoms with Gasteiger partial charge < -0.3 is 4.84 Å². The third-order valence-electron chi connectivity index (χ3n) is 3.89. The summed E-state index contributed by atoms with van der Waals surface area (Å²) in [6.45, 7) is 0. The number of anilines is 1. The molecule has 1 saturated heterocycles. The summed E-state index contributed by atoms with van der Waals surface area (Å²) >= 11 is 0. The number of azo groups is 1. The molecule has 1 N–H and O–H groups in total. The van der Waals surface area contributed by atoms with Crippen LogP contribution in [-0.2, 0) is 9.63 Å². The summed E-state index contributed by atoms with van der Waals surface area (Å²) in [5.41, 5.74) is 5.04. The highest BCUT2D eigenvalue weighted by Gasteiger charge is 2.35. The minimum atomic E-state index is -0.507. The molecule has 0 saturated carbocycles. The van der Waals surface area contributed by atoms with Gasteiger partial charge in [-0.1, -0.05) is 35.9 Å². The van der Waals surface area contributed by atoms with Gasteiger partial charge in [-0.15, -0.1) is 0 Å². The number of hydrazine groups is 1. The normalized spacial score (nSPS) is 23.0. The molecule has 0 amide bonds. The summed E-state index contributed by atoms with van der Waals surface area (Å²) in [6, 6.07) is 15.2. The van der Waals surface area contributed by atoms with Crippen LogP contribution in [0, 0.1) is 5.82 Å². The lowest BCUT2D eigenvalue weighted by atomic mass is 10.0. The van der Waals surface area contributed by atoms with E-state index >= 15 is 0 Å². The van der Waals surface area contributed by atoms with Gasteiger partial charge in [0.2, 0.25) is 0 Å². The molecule has 1 fully saturated rings. The van der Waals surface area contributed by atoms with Crippen molar-refractivity contribution in [1.29, 1.82) is 0 Å². The van der Waals surface area contributed by atoms with Gasteiger partial charge in [-0.3, -0.25) is 0 Å². The Morgan fingerprint density at radius 3 is 2.62 bits per heavy atom. The SMILES string of the molecule is O=C1ONN(c2ccccc2)/C1=C1\CC(c2ccc(F)cc2)N=N1. The summed E-state index contributed by atoms with van der Waals surface area (Å²) in [5, 5.41) is 9.90. The van der Waals surface area contributed by atoms with Crippen LogP contribution in [0.1, 0.15) is 18.0 Å². The maximum atomic E-state index is 13.0. The quantitative estimate of drug-likeness (QED) is 0.860. The standard InChI is InChI=1S/C17H13FN4O2/c18-12-8-6-11(7-9-12)14-10-15(20-19-14)16-17(23)24-21-22(16)13-4-2-1-3-5-13/h1-9,14,21H,10H2/b16-15+. The van der Waals surface area contributed by atoms with E-state index in [2.05, 4.69) is 15.8 Å². The second-order valence-electron chi connectivity index (χ2n) is 5.43. The van der Waals surface area contributed by atoms with Crippen molar-refractivity contribution in [2.45, 2.75) is 12.5 Å². The summed E-state index contributed by atoms with van der Waals surface area (Å²) in [7, 11) is 0. The summed E-state index contributed by atoms with van der Waals surface area (Å²) in [4.78, 5) is 17.0. The van der Waals surface area contributed by atoms with E-state index < -0.39 is 5.97 Å². The lowest BCUT2D eigenvalue weighted by Gasteiger charge is -2.16. The third kappa shape index (κ3) is 2.55. The molecule has 4 rings (SSSR count). The van der Waals surface area contributed by atoms with Gasteiger partial charge in [-0.2, -0.15) is 10.2 Å². The van der Waals surface area contributed by atoms with Crippen LogP contribution in [0.2, 0.25) is 0 Å². The zero-order valence-corrected chi connectivity index (χ0v) is 12.5. The zero-order chi connectivity index (χ0) is 16.5. The Hall–Kier alpha value is -3.06. The third-order valence-corrected chi connectivity index (χ3v) is 3.89. The van der Waals surface area contributed by atoms with Gasteiger partial charge in [0.25, 0.3) is 0 Å². The van der Waals surface area contributed by atoms with E-state index in [1.54, 1.807) is 17.1 Å². The van der Waals surface area contributed by atoms with E-state index in [1.165, 1.54) is 12.1 Å². The van der Waals surface area contributed by atoms with Crippen molar-refractivity contribution in [2.24, 2.45) is 10.2 Å². The van der Waals surface area contributed by atoms with Gasteiger partial charge in [0.05, 0.1) is 11.4 Å². The number of hydrogen-bond donors (Lipinski definition) is 1. The number of halogens is 1. The maximum Gasteiger partial charge on any atom is 0.378 e. The molecule has 6 nitrogen and oxygen atoms in total. The predicted molar refractivity (Wildman–Crippen MR) is 83.8 cm³/mol. The number of carbonyl (C=O) groups excluding carboxylic acids is 1. The van der Waals surface area contributed by atoms with Crippen molar-refractivity contribution in [3.63, 3.8) is 0 Å². The Balaban J connectivity index is 1.65. The van der Waals surface area contributed by atoms with Crippen molar-refractivity contribution in [1.82, 2.24) is 5.59 Å². The summed E-state index contributed by atoms with van der Waals surface area (Å²) in [6.07, 6.45) is 0.446. The van der Waals surface area contributed by atoms with Crippen molar-refractivity contribution in [3.05, 3.63) is 77.4 Å². The molecule has 0 aliphatic carbocycles. The zero-order valence-electron chi connectivity index (χ0n) is 12.5. The number of nitrogens with one attached hydrogen (secondary N) is 1. The Labute approximate surface area is 137 Å². The first-order valence-corrected chi connectivity index (χ1v) is 7.44. The van der Waals surface area contributed by atoms with Crippen molar-refractivity contribution in [3.8, 4) is 0 Å². The molecule has 2 aromatic rings. The Morgan fingerprint density at radius 2 is 1.88 bits per heavy atom. The molecular weight excluding hydrogens is 311 g/mol. The van der Waals surface area contributed by atoms with Crippen LogP contribution < -0.4 is 10.6 Å². The van der Waals surface area contributed by atoms with Crippen LogP contribution in [0.25, 0.3) is 0 Å². The van der Waals surface area contributed by atoms with Crippen molar-refractivity contribution < 1.29 is 14.0 Å². The molecule has 2 aliphatic rings. The average Bonchev–Trinajstić information content (AvgIpc) is 3.23. The monoisotopic (exact) mass is 324 g/mol. The van der Waals surface area contributed by atoms with Gasteiger partial charge in [0.1, 0.15) is 11.9 Å². The van der Waals surface area contributed by atoms with Crippen LogP contribution in [0.3, 0.4) is 0 Å². The molecule has 2 heterocycles. The fourth-order valence-electron chi connectivity index (χ4n) is 2.70. The predicted octanol–water partition coefficient (Wildman–Crippen LogP) is 3.42. The van der Waals surface area contributed by atoms with Gasteiger partial charge in [-0.25, -0.2) is 14.2 Å². The number of carbonyl (C=O) groups is 1. The van der Waals surface area contributed by atoms with Crippen LogP contribution in [0.15, 0.2) is 76.2 Å². The van der Waals surface area contributed by atoms with Crippen LogP contribution >= 0.6 is 0 Å².